The standard InChI is InChI=1S/C14H22Si2/c1-15(2,3)11-14-13-9-7-6-8-12(13)10-16(14,4)5/h6-9,11H,10H2,1-5H3/b14-11-. The molecule has 86 valence electrons. The second-order valence-corrected chi connectivity index (χ2v) is 16.3. The molecule has 0 amide bonds. The molecule has 0 saturated carbocycles. The molecule has 0 spiro atoms. The molecule has 0 N–H and O–H groups in total. The van der Waals surface area contributed by atoms with Crippen LogP contribution in [-0.2, 0) is 6.04 Å². The summed E-state index contributed by atoms with van der Waals surface area (Å²) in [5.74, 6) is 0. The summed E-state index contributed by atoms with van der Waals surface area (Å²) in [6.07, 6.45) is 0. The van der Waals surface area contributed by atoms with Crippen molar-refractivity contribution < 1.29 is 0 Å². The number of fused-ring (bicyclic) bond motifs is 1. The Morgan fingerprint density at radius 2 is 1.75 bits per heavy atom. The predicted molar refractivity (Wildman–Crippen MR) is 79.0 cm³/mol. The van der Waals surface area contributed by atoms with Crippen LogP contribution in [-0.4, -0.2) is 16.1 Å². The zero-order valence-corrected chi connectivity index (χ0v) is 13.1. The van der Waals surface area contributed by atoms with Crippen LogP contribution in [0.4, 0.5) is 0 Å². The van der Waals surface area contributed by atoms with Crippen LogP contribution in [0.3, 0.4) is 0 Å². The monoisotopic (exact) mass is 246 g/mol. The minimum Gasteiger partial charge on any atom is -0.0951 e. The molecular weight excluding hydrogens is 224 g/mol. The first-order valence-electron chi connectivity index (χ1n) is 6.11. The van der Waals surface area contributed by atoms with Crippen LogP contribution in [0.15, 0.2) is 30.0 Å². The number of rotatable bonds is 1. The average molecular weight is 247 g/mol. The van der Waals surface area contributed by atoms with Gasteiger partial charge in [0.25, 0.3) is 0 Å². The van der Waals surface area contributed by atoms with E-state index in [2.05, 4.69) is 62.7 Å². The molecule has 2 heteroatoms. The van der Waals surface area contributed by atoms with Gasteiger partial charge in [-0.05, 0) is 17.2 Å². The first kappa shape index (κ1) is 11.9. The molecular formula is C14H22Si2. The van der Waals surface area contributed by atoms with Crippen molar-refractivity contribution in [2.24, 2.45) is 0 Å². The van der Waals surface area contributed by atoms with Gasteiger partial charge in [-0.15, -0.1) is 0 Å². The highest BCUT2D eigenvalue weighted by Gasteiger charge is 2.36. The van der Waals surface area contributed by atoms with Gasteiger partial charge in [0.15, 0.2) is 0 Å². The third kappa shape index (κ3) is 2.23. The Morgan fingerprint density at radius 1 is 1.12 bits per heavy atom. The molecule has 16 heavy (non-hydrogen) atoms. The summed E-state index contributed by atoms with van der Waals surface area (Å²) in [4.78, 5) is 0. The molecule has 2 rings (SSSR count). The van der Waals surface area contributed by atoms with Gasteiger partial charge in [-0.2, -0.15) is 0 Å². The summed E-state index contributed by atoms with van der Waals surface area (Å²) in [6, 6.07) is 10.3. The zero-order valence-electron chi connectivity index (χ0n) is 11.1. The predicted octanol–water partition coefficient (Wildman–Crippen LogP) is 4.29. The molecule has 0 saturated heterocycles. The van der Waals surface area contributed by atoms with E-state index in [4.69, 9.17) is 0 Å². The van der Waals surface area contributed by atoms with E-state index < -0.39 is 16.1 Å². The molecule has 1 aliphatic heterocycles. The maximum atomic E-state index is 2.64. The maximum absolute atomic E-state index is 2.64. The first-order chi connectivity index (χ1) is 7.30. The molecule has 0 fully saturated rings. The summed E-state index contributed by atoms with van der Waals surface area (Å²) < 4.78 is 0. The molecule has 1 aliphatic rings. The first-order valence-corrected chi connectivity index (χ1v) is 12.9. The Bertz CT molecular complexity index is 436. The Morgan fingerprint density at radius 3 is 2.38 bits per heavy atom. The summed E-state index contributed by atoms with van der Waals surface area (Å²) >= 11 is 0. The number of benzene rings is 1. The quantitative estimate of drug-likeness (QED) is 0.649. The topological polar surface area (TPSA) is 0 Å². The van der Waals surface area contributed by atoms with E-state index in [1.165, 1.54) is 6.04 Å². The second-order valence-electron chi connectivity index (χ2n) is 6.64. The Hall–Kier alpha value is -0.606. The van der Waals surface area contributed by atoms with Gasteiger partial charge in [-0.25, -0.2) is 0 Å². The minimum absolute atomic E-state index is 1.11. The highest BCUT2D eigenvalue weighted by molar-refractivity contribution is 6.98. The minimum atomic E-state index is -1.19. The molecule has 0 bridgehead atoms. The number of hydrogen-bond acceptors (Lipinski definition) is 0. The lowest BCUT2D eigenvalue weighted by Gasteiger charge is -2.21. The molecule has 0 aliphatic carbocycles. The van der Waals surface area contributed by atoms with Gasteiger partial charge in [0.05, 0.1) is 16.1 Å². The largest absolute Gasteiger partial charge is 0.0951 e. The molecule has 0 radical (unpaired) electrons. The van der Waals surface area contributed by atoms with E-state index >= 15 is 0 Å². The fourth-order valence-electron chi connectivity index (χ4n) is 2.58. The van der Waals surface area contributed by atoms with Crippen molar-refractivity contribution in [3.05, 3.63) is 41.1 Å². The third-order valence-corrected chi connectivity index (χ3v) is 7.83. The summed E-state index contributed by atoms with van der Waals surface area (Å²) in [7, 11) is -2.30. The van der Waals surface area contributed by atoms with Gasteiger partial charge in [0.2, 0.25) is 0 Å². The Kier molecular flexibility index (Phi) is 2.75. The van der Waals surface area contributed by atoms with Crippen molar-refractivity contribution in [1.82, 2.24) is 0 Å². The van der Waals surface area contributed by atoms with Gasteiger partial charge >= 0.3 is 0 Å². The molecule has 0 unspecified atom stereocenters. The highest BCUT2D eigenvalue weighted by Crippen LogP contribution is 2.39. The van der Waals surface area contributed by atoms with Crippen LogP contribution in [0.25, 0.3) is 5.20 Å². The summed E-state index contributed by atoms with van der Waals surface area (Å²) in [6.45, 7) is 12.3. The van der Waals surface area contributed by atoms with Crippen molar-refractivity contribution in [3.63, 3.8) is 0 Å². The van der Waals surface area contributed by atoms with Crippen molar-refractivity contribution in [2.75, 3.05) is 0 Å². The lowest BCUT2D eigenvalue weighted by Crippen LogP contribution is -2.29. The van der Waals surface area contributed by atoms with Gasteiger partial charge in [-0.3, -0.25) is 0 Å². The van der Waals surface area contributed by atoms with Gasteiger partial charge in [-0.1, -0.05) is 67.9 Å². The normalized spacial score (nSPS) is 21.2. The van der Waals surface area contributed by atoms with Gasteiger partial charge in [0, 0.05) is 0 Å². The lowest BCUT2D eigenvalue weighted by molar-refractivity contribution is 1.37. The van der Waals surface area contributed by atoms with Crippen molar-refractivity contribution in [1.29, 1.82) is 0 Å². The van der Waals surface area contributed by atoms with Crippen LogP contribution in [0.1, 0.15) is 11.1 Å². The van der Waals surface area contributed by atoms with Crippen LogP contribution in [0, 0.1) is 0 Å². The van der Waals surface area contributed by atoms with Crippen molar-refractivity contribution >= 4 is 21.3 Å². The van der Waals surface area contributed by atoms with E-state index in [1.807, 2.05) is 0 Å². The molecule has 1 aromatic rings. The molecule has 1 heterocycles. The third-order valence-electron chi connectivity index (χ3n) is 3.25. The fraction of sp³-hybridized carbons (Fsp3) is 0.429. The van der Waals surface area contributed by atoms with Crippen molar-refractivity contribution in [2.45, 2.75) is 38.8 Å². The Balaban J connectivity index is 2.56. The van der Waals surface area contributed by atoms with E-state index in [0.717, 1.165) is 0 Å². The summed E-state index contributed by atoms with van der Waals surface area (Å²) in [5, 5.41) is 1.72. The Labute approximate surface area is 101 Å². The summed E-state index contributed by atoms with van der Waals surface area (Å²) in [5.41, 5.74) is 5.79. The second kappa shape index (κ2) is 3.71. The smallest absolute Gasteiger partial charge is 0.0848 e. The molecule has 0 nitrogen and oxygen atoms in total. The fourth-order valence-corrected chi connectivity index (χ4v) is 8.89. The maximum Gasteiger partial charge on any atom is 0.0848 e. The molecule has 0 atom stereocenters. The highest BCUT2D eigenvalue weighted by atomic mass is 28.3. The molecule has 1 aromatic carbocycles. The zero-order chi connectivity index (χ0) is 12.0. The van der Waals surface area contributed by atoms with Crippen LogP contribution in [0.2, 0.25) is 32.7 Å². The van der Waals surface area contributed by atoms with E-state index in [9.17, 15) is 0 Å². The number of hydrogen-bond donors (Lipinski definition) is 0. The molecule has 0 aromatic heterocycles. The van der Waals surface area contributed by atoms with E-state index in [1.54, 1.807) is 16.3 Å². The van der Waals surface area contributed by atoms with E-state index in [-0.39, 0.29) is 0 Å². The SMILES string of the molecule is C[Si](C)(C)/C=C1/c2ccccc2C[Si]1(C)C. The average Bonchev–Trinajstić information content (AvgIpc) is 2.36. The van der Waals surface area contributed by atoms with E-state index in [0.29, 0.717) is 0 Å². The van der Waals surface area contributed by atoms with Crippen LogP contribution in [0.5, 0.6) is 0 Å². The van der Waals surface area contributed by atoms with Gasteiger partial charge in [0.1, 0.15) is 0 Å². The van der Waals surface area contributed by atoms with Crippen molar-refractivity contribution in [3.8, 4) is 0 Å². The van der Waals surface area contributed by atoms with Gasteiger partial charge < -0.3 is 0 Å². The lowest BCUT2D eigenvalue weighted by atomic mass is 10.1. The van der Waals surface area contributed by atoms with Crippen LogP contribution < -0.4 is 0 Å². The van der Waals surface area contributed by atoms with Crippen LogP contribution >= 0.6 is 0 Å².